The summed E-state index contributed by atoms with van der Waals surface area (Å²) in [6.45, 7) is 4.37. The van der Waals surface area contributed by atoms with Gasteiger partial charge in [0.25, 0.3) is 0 Å². The van der Waals surface area contributed by atoms with Crippen LogP contribution in [-0.4, -0.2) is 12.9 Å². The SMILES string of the molecule is CC(C)(C#N)CCCCOc1cccc(Cl)c1C=O. The Balaban J connectivity index is 2.41. The van der Waals surface area contributed by atoms with E-state index < -0.39 is 0 Å². The lowest BCUT2D eigenvalue weighted by Gasteiger charge is -2.14. The molecule has 4 heteroatoms. The van der Waals surface area contributed by atoms with Gasteiger partial charge in [-0.2, -0.15) is 5.26 Å². The van der Waals surface area contributed by atoms with Crippen molar-refractivity contribution in [3.8, 4) is 11.8 Å². The molecule has 0 aliphatic heterocycles. The predicted molar refractivity (Wildman–Crippen MR) is 75.6 cm³/mol. The zero-order chi connectivity index (χ0) is 14.3. The summed E-state index contributed by atoms with van der Waals surface area (Å²) in [7, 11) is 0. The molecule has 102 valence electrons. The fourth-order valence-electron chi connectivity index (χ4n) is 1.66. The fraction of sp³-hybridized carbons (Fsp3) is 0.467. The Bertz CT molecular complexity index is 478. The van der Waals surface area contributed by atoms with Gasteiger partial charge in [-0.15, -0.1) is 0 Å². The quantitative estimate of drug-likeness (QED) is 0.554. The first-order valence-electron chi connectivity index (χ1n) is 6.28. The molecule has 19 heavy (non-hydrogen) atoms. The van der Waals surface area contributed by atoms with Gasteiger partial charge in [0.2, 0.25) is 0 Å². The van der Waals surface area contributed by atoms with Gasteiger partial charge in [0.1, 0.15) is 5.75 Å². The van der Waals surface area contributed by atoms with Crippen molar-refractivity contribution in [1.29, 1.82) is 5.26 Å². The minimum atomic E-state index is -0.288. The number of nitriles is 1. The maximum absolute atomic E-state index is 10.9. The highest BCUT2D eigenvalue weighted by Crippen LogP contribution is 2.25. The molecule has 0 heterocycles. The van der Waals surface area contributed by atoms with E-state index in [1.54, 1.807) is 18.2 Å². The molecule has 0 unspecified atom stereocenters. The van der Waals surface area contributed by atoms with Crippen LogP contribution in [0.5, 0.6) is 5.75 Å². The van der Waals surface area contributed by atoms with Crippen LogP contribution in [0.15, 0.2) is 18.2 Å². The molecule has 0 atom stereocenters. The van der Waals surface area contributed by atoms with Crippen LogP contribution in [-0.2, 0) is 0 Å². The Morgan fingerprint density at radius 2 is 2.16 bits per heavy atom. The number of ether oxygens (including phenoxy) is 1. The minimum absolute atomic E-state index is 0.288. The Hall–Kier alpha value is -1.53. The number of aldehydes is 1. The van der Waals surface area contributed by atoms with E-state index in [1.165, 1.54) is 0 Å². The molecule has 0 aliphatic carbocycles. The van der Waals surface area contributed by atoms with E-state index in [0.29, 0.717) is 29.2 Å². The molecule has 0 bridgehead atoms. The second-order valence-electron chi connectivity index (χ2n) is 5.07. The van der Waals surface area contributed by atoms with Crippen LogP contribution in [0.3, 0.4) is 0 Å². The molecule has 0 fully saturated rings. The molecule has 1 aromatic carbocycles. The van der Waals surface area contributed by atoms with E-state index >= 15 is 0 Å². The van der Waals surface area contributed by atoms with Crippen molar-refractivity contribution in [3.63, 3.8) is 0 Å². The molecule has 3 nitrogen and oxygen atoms in total. The Morgan fingerprint density at radius 1 is 1.42 bits per heavy atom. The lowest BCUT2D eigenvalue weighted by atomic mass is 9.89. The minimum Gasteiger partial charge on any atom is -0.493 e. The molecule has 0 aromatic heterocycles. The molecule has 0 radical (unpaired) electrons. The summed E-state index contributed by atoms with van der Waals surface area (Å²) >= 11 is 5.90. The standard InChI is InChI=1S/C15H18ClNO2/c1-15(2,11-17)8-3-4-9-19-14-7-5-6-13(16)12(14)10-18/h5-7,10H,3-4,8-9H2,1-2H3. The fourth-order valence-corrected chi connectivity index (χ4v) is 1.87. The van der Waals surface area contributed by atoms with E-state index in [9.17, 15) is 4.79 Å². The summed E-state index contributed by atoms with van der Waals surface area (Å²) in [5, 5.41) is 9.29. The second-order valence-corrected chi connectivity index (χ2v) is 5.48. The first-order chi connectivity index (χ1) is 9.00. The third-order valence-electron chi connectivity index (χ3n) is 2.89. The van der Waals surface area contributed by atoms with Gasteiger partial charge < -0.3 is 4.74 Å². The van der Waals surface area contributed by atoms with Crippen LogP contribution < -0.4 is 4.74 Å². The predicted octanol–water partition coefficient (Wildman–Crippen LogP) is 4.25. The molecule has 1 rings (SSSR count). The van der Waals surface area contributed by atoms with E-state index in [2.05, 4.69) is 6.07 Å². The van der Waals surface area contributed by atoms with Crippen molar-refractivity contribution in [2.75, 3.05) is 6.61 Å². The van der Waals surface area contributed by atoms with Crippen LogP contribution in [0.2, 0.25) is 5.02 Å². The van der Waals surface area contributed by atoms with Gasteiger partial charge >= 0.3 is 0 Å². The van der Waals surface area contributed by atoms with Gasteiger partial charge in [-0.3, -0.25) is 4.79 Å². The Labute approximate surface area is 119 Å². The Kier molecular flexibility index (Phi) is 5.85. The first kappa shape index (κ1) is 15.5. The van der Waals surface area contributed by atoms with E-state index in [4.69, 9.17) is 21.6 Å². The van der Waals surface area contributed by atoms with E-state index in [0.717, 1.165) is 19.3 Å². The number of hydrogen-bond acceptors (Lipinski definition) is 3. The lowest BCUT2D eigenvalue weighted by molar-refractivity contribution is 0.111. The second kappa shape index (κ2) is 7.16. The molecule has 0 amide bonds. The van der Waals surface area contributed by atoms with Gasteiger partial charge in [-0.1, -0.05) is 17.7 Å². The maximum atomic E-state index is 10.9. The van der Waals surface area contributed by atoms with Crippen molar-refractivity contribution in [2.45, 2.75) is 33.1 Å². The number of rotatable bonds is 7. The van der Waals surface area contributed by atoms with Crippen LogP contribution in [0.25, 0.3) is 0 Å². The van der Waals surface area contributed by atoms with Gasteiger partial charge in [0.15, 0.2) is 6.29 Å². The van der Waals surface area contributed by atoms with Gasteiger partial charge in [0, 0.05) is 0 Å². The van der Waals surface area contributed by atoms with Gasteiger partial charge in [0.05, 0.1) is 28.7 Å². The largest absolute Gasteiger partial charge is 0.493 e. The molecular formula is C15H18ClNO2. The summed E-state index contributed by atoms with van der Waals surface area (Å²) in [5.74, 6) is 0.516. The Morgan fingerprint density at radius 3 is 2.79 bits per heavy atom. The molecule has 0 saturated heterocycles. The first-order valence-corrected chi connectivity index (χ1v) is 6.66. The third-order valence-corrected chi connectivity index (χ3v) is 3.22. The van der Waals surface area contributed by atoms with Crippen molar-refractivity contribution in [2.24, 2.45) is 5.41 Å². The molecule has 0 aliphatic rings. The maximum Gasteiger partial charge on any atom is 0.155 e. The highest BCUT2D eigenvalue weighted by molar-refractivity contribution is 6.33. The van der Waals surface area contributed by atoms with Crippen LogP contribution >= 0.6 is 11.6 Å². The summed E-state index contributed by atoms with van der Waals surface area (Å²) in [4.78, 5) is 10.9. The summed E-state index contributed by atoms with van der Waals surface area (Å²) in [6.07, 6.45) is 3.30. The van der Waals surface area contributed by atoms with Crippen molar-refractivity contribution in [3.05, 3.63) is 28.8 Å². The number of hydrogen-bond donors (Lipinski definition) is 0. The number of nitrogens with zero attached hydrogens (tertiary/aromatic N) is 1. The highest BCUT2D eigenvalue weighted by atomic mass is 35.5. The number of unbranched alkanes of at least 4 members (excludes halogenated alkanes) is 1. The van der Waals surface area contributed by atoms with Gasteiger partial charge in [-0.05, 0) is 45.2 Å². The summed E-state index contributed by atoms with van der Waals surface area (Å²) in [5.41, 5.74) is 0.103. The molecular weight excluding hydrogens is 262 g/mol. The number of carbonyl (C=O) groups is 1. The molecule has 0 spiro atoms. The molecule has 1 aromatic rings. The number of benzene rings is 1. The number of carbonyl (C=O) groups excluding carboxylic acids is 1. The highest BCUT2D eigenvalue weighted by Gasteiger charge is 2.15. The van der Waals surface area contributed by atoms with Crippen molar-refractivity contribution < 1.29 is 9.53 Å². The smallest absolute Gasteiger partial charge is 0.155 e. The zero-order valence-corrected chi connectivity index (χ0v) is 12.0. The lowest BCUT2D eigenvalue weighted by Crippen LogP contribution is -2.08. The zero-order valence-electron chi connectivity index (χ0n) is 11.3. The third kappa shape index (κ3) is 4.92. The van der Waals surface area contributed by atoms with Gasteiger partial charge in [-0.25, -0.2) is 0 Å². The molecule has 0 saturated carbocycles. The van der Waals surface area contributed by atoms with E-state index in [1.807, 2.05) is 13.8 Å². The number of halogens is 1. The van der Waals surface area contributed by atoms with Crippen LogP contribution in [0, 0.1) is 16.7 Å². The van der Waals surface area contributed by atoms with E-state index in [-0.39, 0.29) is 5.41 Å². The normalized spacial score (nSPS) is 10.8. The average Bonchev–Trinajstić information content (AvgIpc) is 2.38. The molecule has 0 N–H and O–H groups in total. The van der Waals surface area contributed by atoms with Crippen molar-refractivity contribution >= 4 is 17.9 Å². The van der Waals surface area contributed by atoms with Crippen LogP contribution in [0.4, 0.5) is 0 Å². The topological polar surface area (TPSA) is 50.1 Å². The summed E-state index contributed by atoms with van der Waals surface area (Å²) < 4.78 is 5.56. The van der Waals surface area contributed by atoms with Crippen molar-refractivity contribution in [1.82, 2.24) is 0 Å². The monoisotopic (exact) mass is 279 g/mol. The average molecular weight is 280 g/mol. The van der Waals surface area contributed by atoms with Crippen LogP contribution in [0.1, 0.15) is 43.5 Å². The summed E-state index contributed by atoms with van der Waals surface area (Å²) in [6, 6.07) is 7.42.